The van der Waals surface area contributed by atoms with Crippen molar-refractivity contribution in [1.29, 1.82) is 0 Å². The minimum absolute atomic E-state index is 0.0584. The van der Waals surface area contributed by atoms with E-state index in [1.807, 2.05) is 0 Å². The van der Waals surface area contributed by atoms with Crippen LogP contribution >= 0.6 is 0 Å². The number of alkyl halides is 1. The van der Waals surface area contributed by atoms with E-state index in [0.29, 0.717) is 5.92 Å². The molecule has 0 aromatic heterocycles. The fourth-order valence-corrected chi connectivity index (χ4v) is 1.90. The lowest BCUT2D eigenvalue weighted by molar-refractivity contribution is 0.200. The summed E-state index contributed by atoms with van der Waals surface area (Å²) in [5, 5.41) is 3.22. The van der Waals surface area contributed by atoms with Gasteiger partial charge in [-0.05, 0) is 31.6 Å². The van der Waals surface area contributed by atoms with E-state index in [4.69, 9.17) is 10.5 Å². The molecule has 3 N–H and O–H groups in total. The van der Waals surface area contributed by atoms with Crippen molar-refractivity contribution in [2.24, 2.45) is 11.7 Å². The highest BCUT2D eigenvalue weighted by molar-refractivity contribution is 4.80. The van der Waals surface area contributed by atoms with Gasteiger partial charge in [-0.1, -0.05) is 0 Å². The van der Waals surface area contributed by atoms with Crippen molar-refractivity contribution in [3.8, 4) is 0 Å². The highest BCUT2D eigenvalue weighted by Gasteiger charge is 2.35. The molecule has 13 heavy (non-hydrogen) atoms. The number of nitrogens with two attached hydrogens (primary N) is 1. The van der Waals surface area contributed by atoms with E-state index in [0.717, 1.165) is 32.2 Å². The lowest BCUT2D eigenvalue weighted by Crippen LogP contribution is -2.30. The van der Waals surface area contributed by atoms with E-state index in [2.05, 4.69) is 5.32 Å². The molecule has 0 aromatic carbocycles. The van der Waals surface area contributed by atoms with Gasteiger partial charge in [0.25, 0.3) is 0 Å². The quantitative estimate of drug-likeness (QED) is 0.642. The van der Waals surface area contributed by atoms with Gasteiger partial charge in [0.2, 0.25) is 0 Å². The Kier molecular flexibility index (Phi) is 2.81. The summed E-state index contributed by atoms with van der Waals surface area (Å²) >= 11 is 0. The number of halogens is 1. The van der Waals surface area contributed by atoms with Crippen molar-refractivity contribution in [1.82, 2.24) is 5.32 Å². The van der Waals surface area contributed by atoms with Gasteiger partial charge in [0, 0.05) is 6.54 Å². The van der Waals surface area contributed by atoms with Crippen LogP contribution < -0.4 is 11.1 Å². The number of nitrogens with one attached hydrogen (secondary N) is 1. The second-order valence-electron chi connectivity index (χ2n) is 4.05. The Hall–Kier alpha value is -0.190. The Labute approximate surface area is 77.8 Å². The summed E-state index contributed by atoms with van der Waals surface area (Å²) in [7, 11) is 0. The van der Waals surface area contributed by atoms with Crippen LogP contribution in [0.1, 0.15) is 25.7 Å². The summed E-state index contributed by atoms with van der Waals surface area (Å²) in [6.07, 6.45) is 2.83. The molecule has 0 aromatic rings. The second-order valence-corrected chi connectivity index (χ2v) is 4.05. The summed E-state index contributed by atoms with van der Waals surface area (Å²) in [5.74, 6) is 0.614. The molecule has 1 aliphatic heterocycles. The zero-order chi connectivity index (χ0) is 9.26. The molecule has 2 rings (SSSR count). The van der Waals surface area contributed by atoms with Crippen molar-refractivity contribution in [2.45, 2.75) is 44.3 Å². The Bertz CT molecular complexity index is 171. The van der Waals surface area contributed by atoms with Crippen LogP contribution in [0.3, 0.4) is 0 Å². The molecular weight excluding hydrogens is 171 g/mol. The third-order valence-electron chi connectivity index (χ3n) is 2.91. The van der Waals surface area contributed by atoms with Crippen molar-refractivity contribution in [3.05, 3.63) is 0 Å². The molecule has 3 nitrogen and oxygen atoms in total. The van der Waals surface area contributed by atoms with Gasteiger partial charge in [0.05, 0.1) is 0 Å². The minimum Gasteiger partial charge on any atom is -0.337 e. The first kappa shape index (κ1) is 9.37. The molecule has 1 aliphatic carbocycles. The highest BCUT2D eigenvalue weighted by Crippen LogP contribution is 2.26. The molecule has 2 fully saturated rings. The normalized spacial score (nSPS) is 44.8. The van der Waals surface area contributed by atoms with Gasteiger partial charge >= 0.3 is 0 Å². The van der Waals surface area contributed by atoms with Crippen molar-refractivity contribution < 1.29 is 9.13 Å². The molecule has 2 unspecified atom stereocenters. The predicted molar refractivity (Wildman–Crippen MR) is 47.7 cm³/mol. The molecule has 0 spiro atoms. The summed E-state index contributed by atoms with van der Waals surface area (Å²) in [6.45, 7) is 0.922. The zero-order valence-corrected chi connectivity index (χ0v) is 7.71. The number of epoxide rings is 1. The van der Waals surface area contributed by atoms with Gasteiger partial charge in [-0.3, -0.25) is 5.32 Å². The van der Waals surface area contributed by atoms with Gasteiger partial charge in [-0.2, -0.15) is 0 Å². The van der Waals surface area contributed by atoms with Crippen LogP contribution in [-0.2, 0) is 4.74 Å². The fourth-order valence-electron chi connectivity index (χ4n) is 1.90. The number of ether oxygens (including phenoxy) is 1. The third kappa shape index (κ3) is 2.62. The fraction of sp³-hybridized carbons (Fsp3) is 1.00. The number of hydrogen-bond donors (Lipinski definition) is 2. The summed E-state index contributed by atoms with van der Waals surface area (Å²) < 4.78 is 17.8. The first-order chi connectivity index (χ1) is 6.25. The number of hydrogen-bond acceptors (Lipinski definition) is 3. The van der Waals surface area contributed by atoms with Crippen molar-refractivity contribution in [2.75, 3.05) is 6.54 Å². The lowest BCUT2D eigenvalue weighted by atomic mass is 9.88. The molecule has 0 amide bonds. The summed E-state index contributed by atoms with van der Waals surface area (Å²) in [6, 6.07) is 0. The van der Waals surface area contributed by atoms with E-state index >= 15 is 0 Å². The molecule has 1 saturated heterocycles. The predicted octanol–water partition coefficient (Wildman–Crippen LogP) is 0.745. The molecule has 1 saturated carbocycles. The first-order valence-corrected chi connectivity index (χ1v) is 5.04. The largest absolute Gasteiger partial charge is 0.337 e. The van der Waals surface area contributed by atoms with E-state index in [1.54, 1.807) is 0 Å². The first-order valence-electron chi connectivity index (χ1n) is 5.04. The highest BCUT2D eigenvalue weighted by atomic mass is 19.1. The van der Waals surface area contributed by atoms with Crippen molar-refractivity contribution in [3.63, 3.8) is 0 Å². The van der Waals surface area contributed by atoms with E-state index in [1.165, 1.54) is 0 Å². The maximum Gasteiger partial charge on any atom is 0.150 e. The Morgan fingerprint density at radius 1 is 1.31 bits per heavy atom. The van der Waals surface area contributed by atoms with Crippen LogP contribution in [0, 0.1) is 5.92 Å². The number of rotatable bonds is 3. The maximum atomic E-state index is 12.8. The van der Waals surface area contributed by atoms with Crippen LogP contribution in [-0.4, -0.2) is 25.2 Å². The van der Waals surface area contributed by atoms with Gasteiger partial charge < -0.3 is 10.5 Å². The van der Waals surface area contributed by atoms with Gasteiger partial charge in [-0.15, -0.1) is 0 Å². The average Bonchev–Trinajstić information content (AvgIpc) is 2.81. The maximum absolute atomic E-state index is 12.8. The van der Waals surface area contributed by atoms with Gasteiger partial charge in [-0.25, -0.2) is 4.39 Å². The average molecular weight is 188 g/mol. The monoisotopic (exact) mass is 188 g/mol. The smallest absolute Gasteiger partial charge is 0.150 e. The standard InChI is InChI=1S/C9H17FN2O/c10-7-3-1-6(2-4-7)5-12-9-8(11)13-9/h6-9,12H,1-5,11H2. The van der Waals surface area contributed by atoms with Crippen LogP contribution in [0.5, 0.6) is 0 Å². The van der Waals surface area contributed by atoms with Crippen LogP contribution in [0.2, 0.25) is 0 Å². The van der Waals surface area contributed by atoms with Crippen LogP contribution in [0.15, 0.2) is 0 Å². The Morgan fingerprint density at radius 3 is 2.46 bits per heavy atom. The van der Waals surface area contributed by atoms with Crippen LogP contribution in [0.25, 0.3) is 0 Å². The van der Waals surface area contributed by atoms with Gasteiger partial charge in [0.1, 0.15) is 18.6 Å². The molecule has 76 valence electrons. The van der Waals surface area contributed by atoms with Gasteiger partial charge in [0.15, 0.2) is 0 Å². The molecule has 0 bridgehead atoms. The molecule has 0 radical (unpaired) electrons. The molecule has 4 heteroatoms. The second kappa shape index (κ2) is 3.90. The zero-order valence-electron chi connectivity index (χ0n) is 7.71. The molecule has 2 aliphatic rings. The van der Waals surface area contributed by atoms with Crippen LogP contribution in [0.4, 0.5) is 4.39 Å². The minimum atomic E-state index is -0.560. The Balaban J connectivity index is 1.60. The van der Waals surface area contributed by atoms with Crippen molar-refractivity contribution >= 4 is 0 Å². The lowest BCUT2D eigenvalue weighted by Gasteiger charge is -2.23. The van der Waals surface area contributed by atoms with E-state index in [9.17, 15) is 4.39 Å². The summed E-state index contributed by atoms with van der Waals surface area (Å²) in [5.41, 5.74) is 5.46. The van der Waals surface area contributed by atoms with E-state index < -0.39 is 6.17 Å². The third-order valence-corrected chi connectivity index (χ3v) is 2.91. The topological polar surface area (TPSA) is 50.6 Å². The summed E-state index contributed by atoms with van der Waals surface area (Å²) in [4.78, 5) is 0. The molecular formula is C9H17FN2O. The Morgan fingerprint density at radius 2 is 1.92 bits per heavy atom. The molecule has 1 heterocycles. The van der Waals surface area contributed by atoms with E-state index in [-0.39, 0.29) is 12.5 Å². The molecule has 2 atom stereocenters. The SMILES string of the molecule is NC1OC1NCC1CCC(F)CC1.